The van der Waals surface area contributed by atoms with E-state index in [1.54, 1.807) is 14.2 Å². The fourth-order valence-corrected chi connectivity index (χ4v) is 5.09. The second-order valence-electron chi connectivity index (χ2n) is 8.82. The van der Waals surface area contributed by atoms with Crippen molar-refractivity contribution in [3.63, 3.8) is 0 Å². The van der Waals surface area contributed by atoms with Gasteiger partial charge in [-0.25, -0.2) is 0 Å². The summed E-state index contributed by atoms with van der Waals surface area (Å²) in [7, 11) is 3.16. The van der Waals surface area contributed by atoms with Crippen LogP contribution < -0.4 is 14.8 Å². The highest BCUT2D eigenvalue weighted by Gasteiger charge is 2.43. The number of methoxy groups -OCH3 is 2. The molecule has 0 radical (unpaired) electrons. The Balaban J connectivity index is 1.62. The fraction of sp³-hybridized carbons (Fsp3) is 0.357. The van der Waals surface area contributed by atoms with Crippen molar-refractivity contribution in [2.45, 2.75) is 50.5 Å². The minimum atomic E-state index is -0.847. The molecule has 1 fully saturated rings. The lowest BCUT2D eigenvalue weighted by atomic mass is 9.66. The number of nitrogens with one attached hydrogen (secondary N) is 1. The molecule has 0 saturated heterocycles. The maximum absolute atomic E-state index is 13.3. The molecule has 5 nitrogen and oxygen atoms in total. The first-order chi connectivity index (χ1) is 16.0. The zero-order valence-electron chi connectivity index (χ0n) is 19.5. The molecule has 1 saturated carbocycles. The molecule has 172 valence electrons. The van der Waals surface area contributed by atoms with Crippen LogP contribution in [-0.4, -0.2) is 25.9 Å². The van der Waals surface area contributed by atoms with Crippen LogP contribution >= 0.6 is 0 Å². The van der Waals surface area contributed by atoms with Crippen molar-refractivity contribution in [3.8, 4) is 11.5 Å². The highest BCUT2D eigenvalue weighted by Crippen LogP contribution is 2.43. The average Bonchev–Trinajstić information content (AvgIpc) is 2.84. The van der Waals surface area contributed by atoms with Gasteiger partial charge in [-0.3, -0.25) is 9.59 Å². The maximum Gasteiger partial charge on any atom is 0.221 e. The first-order valence-corrected chi connectivity index (χ1v) is 11.5. The van der Waals surface area contributed by atoms with Crippen molar-refractivity contribution in [1.29, 1.82) is 0 Å². The highest BCUT2D eigenvalue weighted by molar-refractivity contribution is 5.96. The van der Waals surface area contributed by atoms with Crippen LogP contribution in [0.1, 0.15) is 56.2 Å². The van der Waals surface area contributed by atoms with E-state index in [0.29, 0.717) is 24.3 Å². The van der Waals surface area contributed by atoms with Crippen molar-refractivity contribution in [2.24, 2.45) is 0 Å². The Labute approximate surface area is 195 Å². The summed E-state index contributed by atoms with van der Waals surface area (Å²) >= 11 is 0. The maximum atomic E-state index is 13.3. The van der Waals surface area contributed by atoms with E-state index in [9.17, 15) is 9.59 Å². The van der Waals surface area contributed by atoms with Crippen molar-refractivity contribution in [1.82, 2.24) is 5.32 Å². The van der Waals surface area contributed by atoms with Gasteiger partial charge in [0, 0.05) is 12.8 Å². The second-order valence-corrected chi connectivity index (χ2v) is 8.82. The predicted molar refractivity (Wildman–Crippen MR) is 130 cm³/mol. The van der Waals surface area contributed by atoms with E-state index < -0.39 is 5.41 Å². The molecular formula is C28H31NO4. The standard InChI is InChI=1S/C28H31NO4/c1-19(22-12-8-10-20-9-4-5-11-23(20)22)29-27(31)18-28(16-7-6-13-26(28)30)21-14-15-24(32-2)25(17-21)33-3/h4-5,8-12,14-15,17,19H,6-7,13,16,18H2,1-3H3,(H,29,31)/t19-,28?/m1/s1. The summed E-state index contributed by atoms with van der Waals surface area (Å²) in [6, 6.07) is 19.7. The number of carbonyl (C=O) groups excluding carboxylic acids is 2. The number of benzene rings is 3. The summed E-state index contributed by atoms with van der Waals surface area (Å²) in [4.78, 5) is 26.6. The van der Waals surface area contributed by atoms with E-state index in [-0.39, 0.29) is 24.2 Å². The monoisotopic (exact) mass is 445 g/mol. The molecule has 0 aromatic heterocycles. The molecule has 0 heterocycles. The van der Waals surface area contributed by atoms with Crippen molar-refractivity contribution in [2.75, 3.05) is 14.2 Å². The number of amides is 1. The first kappa shape index (κ1) is 22.8. The van der Waals surface area contributed by atoms with Gasteiger partial charge in [0.2, 0.25) is 5.91 Å². The Kier molecular flexibility index (Phi) is 6.68. The largest absolute Gasteiger partial charge is 0.493 e. The van der Waals surface area contributed by atoms with E-state index in [1.165, 1.54) is 0 Å². The van der Waals surface area contributed by atoms with Crippen LogP contribution in [0.2, 0.25) is 0 Å². The molecule has 1 aliphatic carbocycles. The predicted octanol–water partition coefficient (Wildman–Crippen LogP) is 5.51. The molecule has 5 heteroatoms. The normalized spacial score (nSPS) is 19.2. The molecule has 0 bridgehead atoms. The SMILES string of the molecule is COc1ccc(C2(CC(=O)N[C@H](C)c3cccc4ccccc34)CCCCC2=O)cc1OC. The quantitative estimate of drug-likeness (QED) is 0.521. The number of ether oxygens (including phenoxy) is 2. The van der Waals surface area contributed by atoms with Crippen LogP contribution in [0.3, 0.4) is 0 Å². The number of rotatable bonds is 7. The molecule has 0 aliphatic heterocycles. The Hall–Kier alpha value is -3.34. The minimum Gasteiger partial charge on any atom is -0.493 e. The zero-order chi connectivity index (χ0) is 23.4. The molecule has 0 spiro atoms. The smallest absolute Gasteiger partial charge is 0.221 e. The Bertz CT molecular complexity index is 1170. The molecule has 1 unspecified atom stereocenters. The summed E-state index contributed by atoms with van der Waals surface area (Å²) < 4.78 is 10.8. The van der Waals surface area contributed by atoms with Crippen LogP contribution in [0.25, 0.3) is 10.8 Å². The van der Waals surface area contributed by atoms with E-state index >= 15 is 0 Å². The van der Waals surface area contributed by atoms with Gasteiger partial charge in [0.1, 0.15) is 5.78 Å². The molecule has 1 N–H and O–H groups in total. The zero-order valence-corrected chi connectivity index (χ0v) is 19.5. The van der Waals surface area contributed by atoms with Gasteiger partial charge in [-0.1, -0.05) is 55.0 Å². The summed E-state index contributed by atoms with van der Waals surface area (Å²) in [6.45, 7) is 1.99. The first-order valence-electron chi connectivity index (χ1n) is 11.5. The molecule has 1 amide bonds. The van der Waals surface area contributed by atoms with Crippen LogP contribution in [-0.2, 0) is 15.0 Å². The number of Topliss-reactive ketones (excluding diaryl/α,β-unsaturated/α-hetero) is 1. The van der Waals surface area contributed by atoms with Gasteiger partial charge in [0.15, 0.2) is 11.5 Å². The molecule has 3 aromatic carbocycles. The Morgan fingerprint density at radius 3 is 2.52 bits per heavy atom. The minimum absolute atomic E-state index is 0.119. The number of ketones is 1. The third kappa shape index (κ3) is 4.45. The fourth-order valence-electron chi connectivity index (χ4n) is 5.09. The van der Waals surface area contributed by atoms with Gasteiger partial charge in [0.25, 0.3) is 0 Å². The number of fused-ring (bicyclic) bond motifs is 1. The second kappa shape index (κ2) is 9.65. The van der Waals surface area contributed by atoms with Crippen LogP contribution in [0, 0.1) is 0 Å². The summed E-state index contributed by atoms with van der Waals surface area (Å²) in [5.74, 6) is 1.17. The van der Waals surface area contributed by atoms with Gasteiger partial charge < -0.3 is 14.8 Å². The third-order valence-electron chi connectivity index (χ3n) is 6.86. The van der Waals surface area contributed by atoms with Gasteiger partial charge in [-0.05, 0) is 53.8 Å². The topological polar surface area (TPSA) is 64.6 Å². The third-order valence-corrected chi connectivity index (χ3v) is 6.86. The van der Waals surface area contributed by atoms with Crippen LogP contribution in [0.15, 0.2) is 60.7 Å². The molecule has 33 heavy (non-hydrogen) atoms. The molecular weight excluding hydrogens is 414 g/mol. The summed E-state index contributed by atoms with van der Waals surface area (Å²) in [6.07, 6.45) is 3.03. The van der Waals surface area contributed by atoms with Crippen molar-refractivity contribution >= 4 is 22.5 Å². The van der Waals surface area contributed by atoms with Crippen molar-refractivity contribution < 1.29 is 19.1 Å². The lowest BCUT2D eigenvalue weighted by Gasteiger charge is -2.36. The summed E-state index contributed by atoms with van der Waals surface area (Å²) in [5, 5.41) is 5.42. The number of hydrogen-bond donors (Lipinski definition) is 1. The average molecular weight is 446 g/mol. The molecule has 3 aromatic rings. The number of hydrogen-bond acceptors (Lipinski definition) is 4. The molecule has 4 rings (SSSR count). The van der Waals surface area contributed by atoms with Gasteiger partial charge in [0.05, 0.1) is 25.7 Å². The molecule has 1 aliphatic rings. The highest BCUT2D eigenvalue weighted by atomic mass is 16.5. The van der Waals surface area contributed by atoms with Crippen LogP contribution in [0.5, 0.6) is 11.5 Å². The van der Waals surface area contributed by atoms with Crippen molar-refractivity contribution in [3.05, 3.63) is 71.8 Å². The van der Waals surface area contributed by atoms with Gasteiger partial charge in [-0.2, -0.15) is 0 Å². The van der Waals surface area contributed by atoms with E-state index in [2.05, 4.69) is 23.5 Å². The lowest BCUT2D eigenvalue weighted by molar-refractivity contribution is -0.132. The Morgan fingerprint density at radius 1 is 1.00 bits per heavy atom. The van der Waals surface area contributed by atoms with Gasteiger partial charge >= 0.3 is 0 Å². The van der Waals surface area contributed by atoms with Crippen LogP contribution in [0.4, 0.5) is 0 Å². The lowest BCUT2D eigenvalue weighted by Crippen LogP contribution is -2.43. The van der Waals surface area contributed by atoms with E-state index in [1.807, 2.05) is 49.4 Å². The van der Waals surface area contributed by atoms with E-state index in [0.717, 1.165) is 34.7 Å². The Morgan fingerprint density at radius 2 is 1.76 bits per heavy atom. The van der Waals surface area contributed by atoms with E-state index in [4.69, 9.17) is 9.47 Å². The number of carbonyl (C=O) groups is 2. The summed E-state index contributed by atoms with van der Waals surface area (Å²) in [5.41, 5.74) is 1.04. The molecule has 2 atom stereocenters. The van der Waals surface area contributed by atoms with Gasteiger partial charge in [-0.15, -0.1) is 0 Å².